The number of aryl methyl sites for hydroxylation is 1. The fourth-order valence-corrected chi connectivity index (χ4v) is 2.86. The summed E-state index contributed by atoms with van der Waals surface area (Å²) in [6.07, 6.45) is 3.45. The van der Waals surface area contributed by atoms with Gasteiger partial charge in [0.15, 0.2) is 0 Å². The highest BCUT2D eigenvalue weighted by Gasteiger charge is 2.07. The third kappa shape index (κ3) is 4.40. The number of halogens is 1. The van der Waals surface area contributed by atoms with Crippen molar-refractivity contribution in [1.82, 2.24) is 15.0 Å². The van der Waals surface area contributed by atoms with E-state index in [0.29, 0.717) is 24.1 Å². The summed E-state index contributed by atoms with van der Waals surface area (Å²) in [4.78, 5) is 13.0. The van der Waals surface area contributed by atoms with Gasteiger partial charge in [-0.15, -0.1) is 0 Å². The van der Waals surface area contributed by atoms with Crippen molar-refractivity contribution in [1.29, 1.82) is 0 Å². The fourth-order valence-electron chi connectivity index (χ4n) is 2.86. The minimum Gasteiger partial charge on any atom is -0.488 e. The lowest BCUT2D eigenvalue weighted by Crippen LogP contribution is -2.00. The number of hydrogen-bond acceptors (Lipinski definition) is 6. The first-order chi connectivity index (χ1) is 14.1. The highest BCUT2D eigenvalue weighted by Crippen LogP contribution is 2.26. The van der Waals surface area contributed by atoms with Crippen molar-refractivity contribution in [3.8, 4) is 11.6 Å². The molecule has 0 aliphatic carbocycles. The molecule has 2 aromatic carbocycles. The van der Waals surface area contributed by atoms with Gasteiger partial charge in [0.05, 0.1) is 12.6 Å². The van der Waals surface area contributed by atoms with Crippen LogP contribution in [0.1, 0.15) is 11.1 Å². The molecule has 0 aliphatic heterocycles. The van der Waals surface area contributed by atoms with E-state index in [9.17, 15) is 4.39 Å². The van der Waals surface area contributed by atoms with E-state index in [2.05, 4.69) is 20.3 Å². The van der Waals surface area contributed by atoms with Crippen LogP contribution in [0.3, 0.4) is 0 Å². The zero-order valence-electron chi connectivity index (χ0n) is 16.0. The molecular weight excluding hydrogens is 371 g/mol. The topological polar surface area (TPSA) is 69.2 Å². The Morgan fingerprint density at radius 3 is 2.69 bits per heavy atom. The summed E-state index contributed by atoms with van der Waals surface area (Å²) in [5, 5.41) is 3.91. The zero-order valence-corrected chi connectivity index (χ0v) is 16.0. The number of ether oxygens (including phenoxy) is 2. The molecule has 4 aromatic rings. The lowest BCUT2D eigenvalue weighted by atomic mass is 10.1. The first-order valence-electron chi connectivity index (χ1n) is 9.02. The molecule has 0 saturated heterocycles. The van der Waals surface area contributed by atoms with Crippen molar-refractivity contribution >= 4 is 22.5 Å². The molecule has 7 heteroatoms. The molecule has 0 atom stereocenters. The monoisotopic (exact) mass is 390 g/mol. The van der Waals surface area contributed by atoms with Gasteiger partial charge < -0.3 is 14.8 Å². The molecule has 1 N–H and O–H groups in total. The van der Waals surface area contributed by atoms with Crippen molar-refractivity contribution in [2.45, 2.75) is 13.5 Å². The summed E-state index contributed by atoms with van der Waals surface area (Å²) >= 11 is 0. The van der Waals surface area contributed by atoms with E-state index in [0.717, 1.165) is 27.8 Å². The van der Waals surface area contributed by atoms with Gasteiger partial charge in [-0.05, 0) is 42.8 Å². The third-order valence-corrected chi connectivity index (χ3v) is 4.36. The van der Waals surface area contributed by atoms with Crippen molar-refractivity contribution in [2.75, 3.05) is 12.4 Å². The molecule has 0 saturated carbocycles. The smallest absolute Gasteiger partial charge is 0.227 e. The van der Waals surface area contributed by atoms with Crippen LogP contribution >= 0.6 is 0 Å². The Morgan fingerprint density at radius 1 is 1.03 bits per heavy atom. The second-order valence-electron chi connectivity index (χ2n) is 6.50. The predicted molar refractivity (Wildman–Crippen MR) is 109 cm³/mol. The van der Waals surface area contributed by atoms with Gasteiger partial charge in [0.1, 0.15) is 18.2 Å². The minimum atomic E-state index is -0.324. The van der Waals surface area contributed by atoms with Gasteiger partial charge in [-0.1, -0.05) is 6.07 Å². The summed E-state index contributed by atoms with van der Waals surface area (Å²) in [5.41, 5.74) is 3.22. The summed E-state index contributed by atoms with van der Waals surface area (Å²) in [6, 6.07) is 13.7. The quantitative estimate of drug-likeness (QED) is 0.510. The van der Waals surface area contributed by atoms with Crippen LogP contribution in [0.25, 0.3) is 10.9 Å². The maximum Gasteiger partial charge on any atom is 0.227 e. The van der Waals surface area contributed by atoms with Gasteiger partial charge in [0.25, 0.3) is 0 Å². The molecule has 0 spiro atoms. The Kier molecular flexibility index (Phi) is 5.20. The predicted octanol–water partition coefficient (Wildman–Crippen LogP) is 4.80. The summed E-state index contributed by atoms with van der Waals surface area (Å²) < 4.78 is 24.4. The molecule has 146 valence electrons. The molecule has 0 fully saturated rings. The molecule has 0 amide bonds. The molecule has 29 heavy (non-hydrogen) atoms. The first-order valence-corrected chi connectivity index (χ1v) is 9.02. The van der Waals surface area contributed by atoms with E-state index in [-0.39, 0.29) is 5.82 Å². The van der Waals surface area contributed by atoms with Crippen molar-refractivity contribution in [3.05, 3.63) is 77.9 Å². The number of nitrogens with zero attached hydrogens (tertiary/aromatic N) is 3. The highest BCUT2D eigenvalue weighted by atomic mass is 19.1. The molecular formula is C22H19FN4O2. The van der Waals surface area contributed by atoms with Crippen molar-refractivity contribution in [3.63, 3.8) is 0 Å². The maximum absolute atomic E-state index is 13.4. The van der Waals surface area contributed by atoms with Crippen molar-refractivity contribution in [2.24, 2.45) is 0 Å². The van der Waals surface area contributed by atoms with Crippen LogP contribution in [0.15, 0.2) is 60.9 Å². The number of anilines is 2. The third-order valence-electron chi connectivity index (χ3n) is 4.36. The first kappa shape index (κ1) is 18.6. The summed E-state index contributed by atoms with van der Waals surface area (Å²) in [6.45, 7) is 2.35. The standard InChI is InChI=1S/C22H19FN4O2/c1-14-8-16-12-25-22(26-18-5-3-4-17(23)9-18)27-19(16)10-20(14)29-13-15-6-7-21(28-2)24-11-15/h3-12H,13H2,1-2H3,(H,25,26,27). The molecule has 2 aromatic heterocycles. The van der Waals surface area contributed by atoms with E-state index in [1.54, 1.807) is 37.7 Å². The average molecular weight is 390 g/mol. The van der Waals surface area contributed by atoms with Gasteiger partial charge in [-0.25, -0.2) is 19.3 Å². The Morgan fingerprint density at radius 2 is 1.93 bits per heavy atom. The van der Waals surface area contributed by atoms with Gasteiger partial charge in [-0.2, -0.15) is 0 Å². The minimum absolute atomic E-state index is 0.324. The molecule has 0 bridgehead atoms. The summed E-state index contributed by atoms with van der Waals surface area (Å²) in [7, 11) is 1.58. The second kappa shape index (κ2) is 8.10. The van der Waals surface area contributed by atoms with Gasteiger partial charge in [0.2, 0.25) is 11.8 Å². The van der Waals surface area contributed by atoms with Crippen LogP contribution < -0.4 is 14.8 Å². The van der Waals surface area contributed by atoms with Crippen LogP contribution in [0.5, 0.6) is 11.6 Å². The number of fused-ring (bicyclic) bond motifs is 1. The van der Waals surface area contributed by atoms with Gasteiger partial charge in [-0.3, -0.25) is 0 Å². The normalized spacial score (nSPS) is 10.7. The van der Waals surface area contributed by atoms with E-state index < -0.39 is 0 Å². The molecule has 0 radical (unpaired) electrons. The Labute approximate surface area is 167 Å². The number of nitrogens with one attached hydrogen (secondary N) is 1. The highest BCUT2D eigenvalue weighted by molar-refractivity contribution is 5.81. The lowest BCUT2D eigenvalue weighted by molar-refractivity contribution is 0.303. The van der Waals surface area contributed by atoms with E-state index in [1.807, 2.05) is 25.1 Å². The Hall–Kier alpha value is -3.74. The Balaban J connectivity index is 1.55. The molecule has 2 heterocycles. The lowest BCUT2D eigenvalue weighted by Gasteiger charge is -2.11. The molecule has 6 nitrogen and oxygen atoms in total. The number of hydrogen-bond donors (Lipinski definition) is 1. The zero-order chi connectivity index (χ0) is 20.2. The van der Waals surface area contributed by atoms with E-state index >= 15 is 0 Å². The SMILES string of the molecule is COc1ccc(COc2cc3nc(Nc4cccc(F)c4)ncc3cc2C)cn1. The Bertz CT molecular complexity index is 1150. The average Bonchev–Trinajstić information content (AvgIpc) is 2.73. The summed E-state index contributed by atoms with van der Waals surface area (Å²) in [5.74, 6) is 1.35. The van der Waals surface area contributed by atoms with Gasteiger partial charge >= 0.3 is 0 Å². The maximum atomic E-state index is 13.4. The number of aromatic nitrogens is 3. The molecule has 0 unspecified atom stereocenters. The number of rotatable bonds is 6. The fraction of sp³-hybridized carbons (Fsp3) is 0.136. The van der Waals surface area contributed by atoms with Crippen LogP contribution in [-0.4, -0.2) is 22.1 Å². The van der Waals surface area contributed by atoms with Gasteiger partial charge in [0, 0.05) is 41.2 Å². The molecule has 4 rings (SSSR count). The number of benzene rings is 2. The van der Waals surface area contributed by atoms with E-state index in [1.165, 1.54) is 12.1 Å². The largest absolute Gasteiger partial charge is 0.488 e. The van der Waals surface area contributed by atoms with Crippen LogP contribution in [0, 0.1) is 12.7 Å². The molecule has 0 aliphatic rings. The number of pyridine rings is 1. The van der Waals surface area contributed by atoms with Crippen LogP contribution in [0.4, 0.5) is 16.0 Å². The second-order valence-corrected chi connectivity index (χ2v) is 6.50. The van der Waals surface area contributed by atoms with E-state index in [4.69, 9.17) is 9.47 Å². The van der Waals surface area contributed by atoms with Crippen LogP contribution in [0.2, 0.25) is 0 Å². The number of methoxy groups -OCH3 is 1. The van der Waals surface area contributed by atoms with Crippen LogP contribution in [-0.2, 0) is 6.61 Å². The van der Waals surface area contributed by atoms with Crippen molar-refractivity contribution < 1.29 is 13.9 Å².